The van der Waals surface area contributed by atoms with Crippen LogP contribution >= 0.6 is 0 Å². The third-order valence-electron chi connectivity index (χ3n) is 4.01. The van der Waals surface area contributed by atoms with Crippen molar-refractivity contribution < 1.29 is 4.79 Å². The number of amides is 1. The van der Waals surface area contributed by atoms with E-state index in [1.165, 1.54) is 12.8 Å². The molecule has 0 aliphatic heterocycles. The molecule has 1 amide bonds. The first-order chi connectivity index (χ1) is 10.2. The molecular formula is C17H21N3O. The van der Waals surface area contributed by atoms with Gasteiger partial charge in [0.25, 0.3) is 5.91 Å². The number of hydrogen-bond acceptors (Lipinski definition) is 3. The second-order valence-electron chi connectivity index (χ2n) is 5.71. The van der Waals surface area contributed by atoms with Gasteiger partial charge in [-0.3, -0.25) is 4.79 Å². The molecule has 0 spiro atoms. The van der Waals surface area contributed by atoms with Crippen molar-refractivity contribution in [3.8, 4) is 0 Å². The van der Waals surface area contributed by atoms with Crippen LogP contribution in [0, 0.1) is 5.92 Å². The van der Waals surface area contributed by atoms with Crippen LogP contribution in [0.3, 0.4) is 0 Å². The van der Waals surface area contributed by atoms with Gasteiger partial charge < -0.3 is 10.6 Å². The van der Waals surface area contributed by atoms with Gasteiger partial charge in [0.2, 0.25) is 0 Å². The minimum absolute atomic E-state index is 0.0840. The summed E-state index contributed by atoms with van der Waals surface area (Å²) in [7, 11) is 0. The molecule has 0 radical (unpaired) electrons. The zero-order chi connectivity index (χ0) is 14.8. The molecule has 110 valence electrons. The van der Waals surface area contributed by atoms with Gasteiger partial charge in [-0.2, -0.15) is 0 Å². The number of pyridine rings is 1. The van der Waals surface area contributed by atoms with Gasteiger partial charge in [0.05, 0.1) is 0 Å². The van der Waals surface area contributed by atoms with Gasteiger partial charge in [0.15, 0.2) is 0 Å². The number of aromatic nitrogens is 1. The van der Waals surface area contributed by atoms with Gasteiger partial charge in [-0.15, -0.1) is 0 Å². The van der Waals surface area contributed by atoms with Crippen molar-refractivity contribution in [1.82, 2.24) is 10.3 Å². The Labute approximate surface area is 125 Å². The first-order valence-electron chi connectivity index (χ1n) is 7.63. The third-order valence-corrected chi connectivity index (χ3v) is 4.01. The number of anilines is 1. The summed E-state index contributed by atoms with van der Waals surface area (Å²) >= 11 is 0. The molecule has 0 bridgehead atoms. The molecule has 1 unspecified atom stereocenters. The van der Waals surface area contributed by atoms with Crippen molar-refractivity contribution in [2.45, 2.75) is 32.7 Å². The van der Waals surface area contributed by atoms with Crippen LogP contribution in [0.5, 0.6) is 0 Å². The molecule has 4 heteroatoms. The Balaban J connectivity index is 1.92. The topological polar surface area (TPSA) is 54.0 Å². The Morgan fingerprint density at radius 1 is 1.38 bits per heavy atom. The van der Waals surface area contributed by atoms with E-state index in [2.05, 4.69) is 22.5 Å². The van der Waals surface area contributed by atoms with Crippen LogP contribution in [0.1, 0.15) is 37.2 Å². The van der Waals surface area contributed by atoms with Crippen LogP contribution in [0.15, 0.2) is 30.3 Å². The lowest BCUT2D eigenvalue weighted by atomic mass is 10.1. The van der Waals surface area contributed by atoms with Crippen molar-refractivity contribution in [2.24, 2.45) is 5.92 Å². The molecule has 21 heavy (non-hydrogen) atoms. The first kappa shape index (κ1) is 13.9. The normalized spacial score (nSPS) is 15.7. The number of carbonyl (C=O) groups excluding carboxylic acids is 1. The minimum atomic E-state index is -0.0840. The van der Waals surface area contributed by atoms with E-state index in [4.69, 9.17) is 0 Å². The largest absolute Gasteiger partial charge is 0.370 e. The Morgan fingerprint density at radius 2 is 2.14 bits per heavy atom. The summed E-state index contributed by atoms with van der Waals surface area (Å²) in [6.45, 7) is 4.88. The molecule has 1 fully saturated rings. The lowest BCUT2D eigenvalue weighted by molar-refractivity contribution is 0.0931. The van der Waals surface area contributed by atoms with E-state index < -0.39 is 0 Å². The highest BCUT2D eigenvalue weighted by Crippen LogP contribution is 2.32. The van der Waals surface area contributed by atoms with E-state index in [-0.39, 0.29) is 11.9 Å². The Hall–Kier alpha value is -2.10. The number of hydrogen-bond donors (Lipinski definition) is 2. The average molecular weight is 283 g/mol. The van der Waals surface area contributed by atoms with Gasteiger partial charge in [0.1, 0.15) is 11.5 Å². The summed E-state index contributed by atoms with van der Waals surface area (Å²) in [4.78, 5) is 16.9. The minimum Gasteiger partial charge on any atom is -0.370 e. The van der Waals surface area contributed by atoms with Crippen molar-refractivity contribution in [3.63, 3.8) is 0 Å². The molecule has 1 aromatic carbocycles. The van der Waals surface area contributed by atoms with Gasteiger partial charge >= 0.3 is 0 Å². The molecule has 3 rings (SSSR count). The maximum Gasteiger partial charge on any atom is 0.270 e. The molecule has 1 heterocycles. The first-order valence-corrected chi connectivity index (χ1v) is 7.63. The maximum atomic E-state index is 12.4. The van der Waals surface area contributed by atoms with Gasteiger partial charge in [-0.05, 0) is 44.1 Å². The summed E-state index contributed by atoms with van der Waals surface area (Å²) in [5.74, 6) is 1.33. The quantitative estimate of drug-likeness (QED) is 0.886. The predicted octanol–water partition coefficient (Wildman–Crippen LogP) is 3.19. The molecule has 2 N–H and O–H groups in total. The van der Waals surface area contributed by atoms with Crippen LogP contribution in [0.4, 0.5) is 5.82 Å². The number of fused-ring (bicyclic) bond motifs is 1. The van der Waals surface area contributed by atoms with Crippen molar-refractivity contribution in [3.05, 3.63) is 36.0 Å². The second-order valence-corrected chi connectivity index (χ2v) is 5.71. The van der Waals surface area contributed by atoms with Crippen molar-refractivity contribution in [1.29, 1.82) is 0 Å². The molecular weight excluding hydrogens is 262 g/mol. The van der Waals surface area contributed by atoms with Crippen molar-refractivity contribution >= 4 is 22.5 Å². The lowest BCUT2D eigenvalue weighted by Crippen LogP contribution is -2.34. The monoisotopic (exact) mass is 283 g/mol. The van der Waals surface area contributed by atoms with E-state index >= 15 is 0 Å². The Bertz CT molecular complexity index is 664. The fourth-order valence-corrected chi connectivity index (χ4v) is 2.61. The van der Waals surface area contributed by atoms with Crippen LogP contribution in [0.25, 0.3) is 10.8 Å². The Kier molecular flexibility index (Phi) is 3.78. The highest BCUT2D eigenvalue weighted by atomic mass is 16.1. The highest BCUT2D eigenvalue weighted by Gasteiger charge is 2.29. The summed E-state index contributed by atoms with van der Waals surface area (Å²) in [6, 6.07) is 10.1. The van der Waals surface area contributed by atoms with Crippen LogP contribution in [-0.4, -0.2) is 23.5 Å². The molecule has 1 aliphatic carbocycles. The molecule has 4 nitrogen and oxygen atoms in total. The van der Waals surface area contributed by atoms with E-state index in [9.17, 15) is 4.79 Å². The molecule has 1 atom stereocenters. The summed E-state index contributed by atoms with van der Waals surface area (Å²) in [5.41, 5.74) is 0.483. The molecule has 2 aromatic rings. The highest BCUT2D eigenvalue weighted by molar-refractivity contribution is 6.00. The van der Waals surface area contributed by atoms with E-state index in [1.807, 2.05) is 37.3 Å². The third kappa shape index (κ3) is 2.99. The number of carbonyl (C=O) groups is 1. The summed E-state index contributed by atoms with van der Waals surface area (Å²) < 4.78 is 0. The lowest BCUT2D eigenvalue weighted by Gasteiger charge is -2.14. The summed E-state index contributed by atoms with van der Waals surface area (Å²) in [5, 5.41) is 8.39. The van der Waals surface area contributed by atoms with Gasteiger partial charge in [0, 0.05) is 18.0 Å². The van der Waals surface area contributed by atoms with Crippen LogP contribution in [0.2, 0.25) is 0 Å². The number of nitrogens with zero attached hydrogens (tertiary/aromatic N) is 1. The fraction of sp³-hybridized carbons (Fsp3) is 0.412. The smallest absolute Gasteiger partial charge is 0.270 e. The standard InChI is InChI=1S/C17H21N3O/c1-3-18-16-14-7-5-4-6-13(14)10-15(20-16)17(21)19-11(2)12-8-9-12/h4-7,10-12H,3,8-9H2,1-2H3,(H,18,20)(H,19,21). The average Bonchev–Trinajstić information content (AvgIpc) is 3.32. The second kappa shape index (κ2) is 5.72. The number of benzene rings is 1. The van der Waals surface area contributed by atoms with E-state index in [0.717, 1.165) is 23.1 Å². The zero-order valence-electron chi connectivity index (χ0n) is 12.5. The van der Waals surface area contributed by atoms with Gasteiger partial charge in [-0.25, -0.2) is 4.98 Å². The van der Waals surface area contributed by atoms with Crippen LogP contribution in [-0.2, 0) is 0 Å². The van der Waals surface area contributed by atoms with Crippen LogP contribution < -0.4 is 10.6 Å². The summed E-state index contributed by atoms with van der Waals surface area (Å²) in [6.07, 6.45) is 2.43. The maximum absolute atomic E-state index is 12.4. The molecule has 1 aromatic heterocycles. The zero-order valence-corrected chi connectivity index (χ0v) is 12.5. The SMILES string of the molecule is CCNc1nc(C(=O)NC(C)C2CC2)cc2ccccc12. The fourth-order valence-electron chi connectivity index (χ4n) is 2.61. The number of rotatable bonds is 5. The number of nitrogens with one attached hydrogen (secondary N) is 2. The molecule has 1 saturated carbocycles. The Morgan fingerprint density at radius 3 is 2.86 bits per heavy atom. The van der Waals surface area contributed by atoms with E-state index in [0.29, 0.717) is 11.6 Å². The molecule has 1 aliphatic rings. The van der Waals surface area contributed by atoms with E-state index in [1.54, 1.807) is 0 Å². The van der Waals surface area contributed by atoms with Gasteiger partial charge in [-0.1, -0.05) is 24.3 Å². The molecule has 0 saturated heterocycles. The van der Waals surface area contributed by atoms with Crippen molar-refractivity contribution in [2.75, 3.05) is 11.9 Å². The predicted molar refractivity (Wildman–Crippen MR) is 85.6 cm³/mol.